The van der Waals surface area contributed by atoms with Crippen LogP contribution < -0.4 is 14.8 Å². The van der Waals surface area contributed by atoms with Crippen LogP contribution in [0.1, 0.15) is 30.1 Å². The summed E-state index contributed by atoms with van der Waals surface area (Å²) in [7, 11) is 2.96. The van der Waals surface area contributed by atoms with Gasteiger partial charge in [0.15, 0.2) is 11.5 Å². The van der Waals surface area contributed by atoms with Gasteiger partial charge in [-0.2, -0.15) is 0 Å². The quantitative estimate of drug-likeness (QED) is 0.810. The minimum atomic E-state index is -0.399. The fourth-order valence-electron chi connectivity index (χ4n) is 1.71. The molecule has 0 aromatic heterocycles. The summed E-state index contributed by atoms with van der Waals surface area (Å²) in [5.41, 5.74) is 0.388. The molecule has 6 heteroatoms. The van der Waals surface area contributed by atoms with E-state index in [2.05, 4.69) is 5.32 Å². The highest BCUT2D eigenvalue weighted by molar-refractivity contribution is 6.32. The van der Waals surface area contributed by atoms with E-state index in [1.165, 1.54) is 20.3 Å². The fraction of sp³-hybridized carbons (Fsp3) is 0.500. The lowest BCUT2D eigenvalue weighted by Crippen LogP contribution is -2.27. The molecule has 0 fully saturated rings. The van der Waals surface area contributed by atoms with Gasteiger partial charge >= 0.3 is 0 Å². The highest BCUT2D eigenvalue weighted by Crippen LogP contribution is 2.35. The highest BCUT2D eigenvalue weighted by Gasteiger charge is 2.15. The van der Waals surface area contributed by atoms with Crippen molar-refractivity contribution in [2.24, 2.45) is 0 Å². The second-order valence-electron chi connectivity index (χ2n) is 4.30. The van der Waals surface area contributed by atoms with Crippen LogP contribution >= 0.6 is 11.6 Å². The maximum Gasteiger partial charge on any atom is 0.251 e. The monoisotopic (exact) mass is 301 g/mol. The number of amides is 1. The van der Waals surface area contributed by atoms with Gasteiger partial charge < -0.3 is 19.9 Å². The number of rotatable bonds is 7. The van der Waals surface area contributed by atoms with E-state index in [0.29, 0.717) is 41.5 Å². The minimum Gasteiger partial charge on any atom is -0.493 e. The van der Waals surface area contributed by atoms with Gasteiger partial charge in [0, 0.05) is 12.1 Å². The summed E-state index contributed by atoms with van der Waals surface area (Å²) in [5, 5.41) is 12.5. The number of nitrogens with one attached hydrogen (secondary N) is 1. The Morgan fingerprint density at radius 1 is 1.40 bits per heavy atom. The third-order valence-electron chi connectivity index (χ3n) is 2.93. The number of carbonyl (C=O) groups is 1. The average Bonchev–Trinajstić information content (AvgIpc) is 2.45. The molecule has 0 bridgehead atoms. The molecule has 0 spiro atoms. The predicted molar refractivity (Wildman–Crippen MR) is 77.8 cm³/mol. The summed E-state index contributed by atoms with van der Waals surface area (Å²) < 4.78 is 10.2. The van der Waals surface area contributed by atoms with Crippen molar-refractivity contribution in [3.05, 3.63) is 22.7 Å². The largest absolute Gasteiger partial charge is 0.493 e. The van der Waals surface area contributed by atoms with Crippen LogP contribution in [0.2, 0.25) is 5.02 Å². The molecule has 0 heterocycles. The first-order chi connectivity index (χ1) is 9.53. The van der Waals surface area contributed by atoms with Gasteiger partial charge in [-0.25, -0.2) is 0 Å². The summed E-state index contributed by atoms with van der Waals surface area (Å²) in [6.45, 7) is 2.29. The Bertz CT molecular complexity index is 465. The maximum absolute atomic E-state index is 12.0. The fourth-order valence-corrected chi connectivity index (χ4v) is 2.00. The van der Waals surface area contributed by atoms with Crippen molar-refractivity contribution in [2.75, 3.05) is 20.8 Å². The molecule has 1 amide bonds. The molecule has 0 radical (unpaired) electrons. The molecule has 0 aliphatic heterocycles. The van der Waals surface area contributed by atoms with Crippen molar-refractivity contribution in [1.29, 1.82) is 0 Å². The molecule has 5 nitrogen and oxygen atoms in total. The molecule has 1 aromatic carbocycles. The van der Waals surface area contributed by atoms with Crippen LogP contribution in [0.5, 0.6) is 11.5 Å². The van der Waals surface area contributed by atoms with E-state index in [1.54, 1.807) is 6.07 Å². The molecule has 2 N–H and O–H groups in total. The minimum absolute atomic E-state index is 0.267. The van der Waals surface area contributed by atoms with E-state index in [4.69, 9.17) is 21.1 Å². The number of aliphatic hydroxyl groups is 1. The normalized spacial score (nSPS) is 11.8. The Morgan fingerprint density at radius 3 is 2.65 bits per heavy atom. The lowest BCUT2D eigenvalue weighted by Gasteiger charge is -2.12. The van der Waals surface area contributed by atoms with Crippen LogP contribution in [0, 0.1) is 0 Å². The van der Waals surface area contributed by atoms with Gasteiger partial charge in [-0.15, -0.1) is 0 Å². The molecule has 0 saturated heterocycles. The average molecular weight is 302 g/mol. The summed E-state index contributed by atoms with van der Waals surface area (Å²) in [5.74, 6) is 0.530. The van der Waals surface area contributed by atoms with Crippen LogP contribution in [-0.4, -0.2) is 37.9 Å². The van der Waals surface area contributed by atoms with Crippen molar-refractivity contribution in [3.8, 4) is 11.5 Å². The van der Waals surface area contributed by atoms with Crippen LogP contribution in [0.3, 0.4) is 0 Å². The van der Waals surface area contributed by atoms with Crippen molar-refractivity contribution >= 4 is 17.5 Å². The van der Waals surface area contributed by atoms with Gasteiger partial charge in [0.2, 0.25) is 0 Å². The van der Waals surface area contributed by atoms with Crippen molar-refractivity contribution in [2.45, 2.75) is 25.9 Å². The maximum atomic E-state index is 12.0. The summed E-state index contributed by atoms with van der Waals surface area (Å²) in [6, 6.07) is 3.09. The van der Waals surface area contributed by atoms with E-state index in [0.717, 1.165) is 0 Å². The Hall–Kier alpha value is -1.46. The topological polar surface area (TPSA) is 67.8 Å². The first-order valence-corrected chi connectivity index (χ1v) is 6.79. The molecule has 1 atom stereocenters. The molecule has 1 aromatic rings. The first-order valence-electron chi connectivity index (χ1n) is 6.41. The lowest BCUT2D eigenvalue weighted by molar-refractivity contribution is 0.0941. The van der Waals surface area contributed by atoms with Gasteiger partial charge in [-0.3, -0.25) is 4.79 Å². The van der Waals surface area contributed by atoms with Crippen LogP contribution in [-0.2, 0) is 0 Å². The highest BCUT2D eigenvalue weighted by atomic mass is 35.5. The number of hydrogen-bond donors (Lipinski definition) is 2. The van der Waals surface area contributed by atoms with E-state index in [9.17, 15) is 9.90 Å². The van der Waals surface area contributed by atoms with Gasteiger partial charge in [0.25, 0.3) is 5.91 Å². The Labute approximate surface area is 123 Å². The number of benzene rings is 1. The zero-order valence-electron chi connectivity index (χ0n) is 11.9. The Morgan fingerprint density at radius 2 is 2.10 bits per heavy atom. The van der Waals surface area contributed by atoms with E-state index < -0.39 is 6.10 Å². The van der Waals surface area contributed by atoms with Crippen molar-refractivity contribution < 1.29 is 19.4 Å². The molecule has 1 unspecified atom stereocenters. The third kappa shape index (κ3) is 4.28. The van der Waals surface area contributed by atoms with Crippen LogP contribution in [0.15, 0.2) is 12.1 Å². The smallest absolute Gasteiger partial charge is 0.251 e. The lowest BCUT2D eigenvalue weighted by atomic mass is 10.1. The van der Waals surface area contributed by atoms with Gasteiger partial charge in [0.1, 0.15) is 0 Å². The standard InChI is InChI=1S/C14H20ClNO4/c1-4-10(17)5-6-16-14(18)9-7-11(15)13(20-3)12(8-9)19-2/h7-8,10,17H,4-6H2,1-3H3,(H,16,18). The van der Waals surface area contributed by atoms with E-state index in [1.807, 2.05) is 6.92 Å². The van der Waals surface area contributed by atoms with Gasteiger partial charge in [0.05, 0.1) is 25.3 Å². The SMILES string of the molecule is CCC(O)CCNC(=O)c1cc(Cl)c(OC)c(OC)c1. The molecule has 112 valence electrons. The zero-order chi connectivity index (χ0) is 15.1. The van der Waals surface area contributed by atoms with E-state index in [-0.39, 0.29) is 5.91 Å². The summed E-state index contributed by atoms with van der Waals surface area (Å²) in [6.07, 6.45) is 0.783. The molecule has 0 aliphatic rings. The third-order valence-corrected chi connectivity index (χ3v) is 3.21. The molecule has 0 saturated carbocycles. The second-order valence-corrected chi connectivity index (χ2v) is 4.71. The van der Waals surface area contributed by atoms with Crippen LogP contribution in [0.4, 0.5) is 0 Å². The zero-order valence-corrected chi connectivity index (χ0v) is 12.7. The number of halogens is 1. The number of ether oxygens (including phenoxy) is 2. The Kier molecular flexibility index (Phi) is 6.61. The molecule has 1 rings (SSSR count). The number of carbonyl (C=O) groups excluding carboxylic acids is 1. The number of aliphatic hydroxyl groups excluding tert-OH is 1. The van der Waals surface area contributed by atoms with Crippen LogP contribution in [0.25, 0.3) is 0 Å². The molecular weight excluding hydrogens is 282 g/mol. The second kappa shape index (κ2) is 7.97. The van der Waals surface area contributed by atoms with Crippen molar-refractivity contribution in [1.82, 2.24) is 5.32 Å². The van der Waals surface area contributed by atoms with Gasteiger partial charge in [-0.05, 0) is 25.0 Å². The summed E-state index contributed by atoms with van der Waals surface area (Å²) >= 11 is 6.04. The first kappa shape index (κ1) is 16.6. The summed E-state index contributed by atoms with van der Waals surface area (Å²) in [4.78, 5) is 12.0. The molecular formula is C14H20ClNO4. The Balaban J connectivity index is 2.76. The molecule has 20 heavy (non-hydrogen) atoms. The number of methoxy groups -OCH3 is 2. The van der Waals surface area contributed by atoms with E-state index >= 15 is 0 Å². The predicted octanol–water partition coefficient (Wildman–Crippen LogP) is 2.25. The number of hydrogen-bond acceptors (Lipinski definition) is 4. The van der Waals surface area contributed by atoms with Crippen molar-refractivity contribution in [3.63, 3.8) is 0 Å². The van der Waals surface area contributed by atoms with Gasteiger partial charge in [-0.1, -0.05) is 18.5 Å². The molecule has 0 aliphatic carbocycles.